The van der Waals surface area contributed by atoms with Crippen molar-refractivity contribution in [3.8, 4) is 0 Å². The fourth-order valence-electron chi connectivity index (χ4n) is 4.89. The third-order valence-corrected chi connectivity index (χ3v) is 8.09. The van der Waals surface area contributed by atoms with Crippen molar-refractivity contribution in [1.82, 2.24) is 20.9 Å². The summed E-state index contributed by atoms with van der Waals surface area (Å²) in [5.74, 6) is -1.63. The van der Waals surface area contributed by atoms with E-state index in [2.05, 4.69) is 30.5 Å². The summed E-state index contributed by atoms with van der Waals surface area (Å²) in [6.45, 7) is 10.7. The number of unbranched alkanes of at least 4 members (excludes halogenated alkanes) is 2. The second-order valence-electron chi connectivity index (χ2n) is 13.4. The van der Waals surface area contributed by atoms with Gasteiger partial charge in [-0.05, 0) is 70.1 Å². The molecular weight excluding hydrogens is 623 g/mol. The molecule has 4 atom stereocenters. The first-order chi connectivity index (χ1) is 22.1. The van der Waals surface area contributed by atoms with Crippen LogP contribution in [0.1, 0.15) is 85.1 Å². The molecule has 1 aliphatic heterocycles. The average Bonchev–Trinajstić information content (AvgIpc) is 3.31. The average molecular weight is 677 g/mol. The Labute approximate surface area is 280 Å². The topological polar surface area (TPSA) is 189 Å². The van der Waals surface area contributed by atoms with Gasteiger partial charge in [0.25, 0.3) is 0 Å². The number of rotatable bonds is 18. The van der Waals surface area contributed by atoms with Crippen LogP contribution in [0.15, 0.2) is 24.3 Å². The number of amides is 6. The first-order valence-electron chi connectivity index (χ1n) is 16.3. The Bertz CT molecular complexity index is 1230. The van der Waals surface area contributed by atoms with Gasteiger partial charge in [0.2, 0.25) is 23.6 Å². The molecule has 4 unspecified atom stereocenters. The zero-order chi connectivity index (χ0) is 35.1. The van der Waals surface area contributed by atoms with Crippen LogP contribution >= 0.6 is 9.24 Å². The lowest BCUT2D eigenvalue weighted by molar-refractivity contribution is -0.154. The van der Waals surface area contributed by atoms with Crippen LogP contribution in [0.25, 0.3) is 0 Å². The molecule has 6 N–H and O–H groups in total. The molecule has 0 aromatic heterocycles. The van der Waals surface area contributed by atoms with Crippen LogP contribution in [0.4, 0.5) is 10.5 Å². The summed E-state index contributed by atoms with van der Waals surface area (Å²) in [7, 11) is 2.69. The third kappa shape index (κ3) is 14.7. The van der Waals surface area contributed by atoms with Crippen LogP contribution in [0, 0.1) is 11.3 Å². The molecular formula is C33H53N6O7P. The van der Waals surface area contributed by atoms with Crippen molar-refractivity contribution >= 4 is 50.6 Å². The smallest absolute Gasteiger partial charge is 0.312 e. The van der Waals surface area contributed by atoms with Crippen molar-refractivity contribution in [3.63, 3.8) is 0 Å². The van der Waals surface area contributed by atoms with E-state index in [9.17, 15) is 28.8 Å². The van der Waals surface area contributed by atoms with Gasteiger partial charge in [-0.1, -0.05) is 32.4 Å². The quantitative estimate of drug-likeness (QED) is 0.0898. The first kappa shape index (κ1) is 39.4. The molecule has 1 fully saturated rings. The van der Waals surface area contributed by atoms with Gasteiger partial charge < -0.3 is 36.6 Å². The minimum Gasteiger partial charge on any atom is -0.460 e. The molecule has 0 radical (unpaired) electrons. The number of nitrogens with one attached hydrogen (secondary N) is 4. The maximum atomic E-state index is 13.4. The van der Waals surface area contributed by atoms with Crippen molar-refractivity contribution < 1.29 is 33.5 Å². The number of hydrogen-bond acceptors (Lipinski definition) is 7. The molecule has 14 heteroatoms. The molecule has 1 saturated heterocycles. The highest BCUT2D eigenvalue weighted by atomic mass is 31.0. The molecule has 1 heterocycles. The number of urea groups is 1. The zero-order valence-electron chi connectivity index (χ0n) is 28.4. The highest BCUT2D eigenvalue weighted by Gasteiger charge is 2.29. The lowest BCUT2D eigenvalue weighted by atomic mass is 9.97. The van der Waals surface area contributed by atoms with Gasteiger partial charge in [0.1, 0.15) is 18.7 Å². The third-order valence-electron chi connectivity index (χ3n) is 7.65. The van der Waals surface area contributed by atoms with E-state index in [0.29, 0.717) is 37.2 Å². The van der Waals surface area contributed by atoms with Gasteiger partial charge in [-0.3, -0.25) is 24.0 Å². The van der Waals surface area contributed by atoms with E-state index in [-0.39, 0.29) is 49.7 Å². The number of nitrogens with zero attached hydrogens (tertiary/aromatic N) is 1. The predicted molar refractivity (Wildman–Crippen MR) is 183 cm³/mol. The van der Waals surface area contributed by atoms with Crippen molar-refractivity contribution in [2.24, 2.45) is 17.1 Å². The summed E-state index contributed by atoms with van der Waals surface area (Å²) in [6.07, 6.45) is 3.57. The van der Waals surface area contributed by atoms with Gasteiger partial charge in [-0.15, -0.1) is 9.24 Å². The lowest BCUT2D eigenvalue weighted by Gasteiger charge is -2.25. The van der Waals surface area contributed by atoms with E-state index < -0.39 is 35.3 Å². The molecule has 2 rings (SSSR count). The maximum absolute atomic E-state index is 13.4. The summed E-state index contributed by atoms with van der Waals surface area (Å²) in [6, 6.07) is 4.29. The predicted octanol–water partition coefficient (Wildman–Crippen LogP) is 2.82. The number of anilines is 1. The molecule has 1 aromatic rings. The van der Waals surface area contributed by atoms with Gasteiger partial charge in [0.05, 0.1) is 5.41 Å². The molecule has 0 bridgehead atoms. The van der Waals surface area contributed by atoms with E-state index in [1.165, 1.54) is 0 Å². The summed E-state index contributed by atoms with van der Waals surface area (Å²) in [5, 5.41) is 10.9. The van der Waals surface area contributed by atoms with Crippen LogP contribution in [0.5, 0.6) is 0 Å². The van der Waals surface area contributed by atoms with E-state index in [0.717, 1.165) is 24.9 Å². The van der Waals surface area contributed by atoms with Crippen LogP contribution in [-0.2, 0) is 35.3 Å². The number of esters is 1. The van der Waals surface area contributed by atoms with Gasteiger partial charge in [-0.25, -0.2) is 4.79 Å². The SMILES string of the molecule is CC(C)C(NC(=O)CCCCCN1CC(P)CC1=O)C(=O)NC(CCCNC(N)=O)C(=O)Nc1ccc(COC(=O)C(C)(C)C)cc1. The molecule has 262 valence electrons. The number of ether oxygens (including phenoxy) is 1. The number of nitrogens with two attached hydrogens (primary N) is 1. The lowest BCUT2D eigenvalue weighted by Crippen LogP contribution is -2.54. The Morgan fingerprint density at radius 1 is 1.00 bits per heavy atom. The summed E-state index contributed by atoms with van der Waals surface area (Å²) >= 11 is 0. The Hall–Kier alpha value is -3.73. The highest BCUT2D eigenvalue weighted by molar-refractivity contribution is 7.17. The molecule has 0 aliphatic carbocycles. The van der Waals surface area contributed by atoms with Gasteiger partial charge >= 0.3 is 12.0 Å². The number of hydrogen-bond donors (Lipinski definition) is 5. The maximum Gasteiger partial charge on any atom is 0.312 e. The molecule has 1 aromatic carbocycles. The molecule has 47 heavy (non-hydrogen) atoms. The van der Waals surface area contributed by atoms with E-state index >= 15 is 0 Å². The van der Waals surface area contributed by atoms with Crippen LogP contribution in [0.3, 0.4) is 0 Å². The van der Waals surface area contributed by atoms with Crippen molar-refractivity contribution in [1.29, 1.82) is 0 Å². The fourth-order valence-corrected chi connectivity index (χ4v) is 5.35. The number of likely N-dealkylation sites (tertiary alicyclic amines) is 1. The second-order valence-corrected chi connectivity index (χ2v) is 14.4. The fraction of sp³-hybridized carbons (Fsp3) is 0.636. The van der Waals surface area contributed by atoms with Crippen LogP contribution in [0.2, 0.25) is 0 Å². The standard InChI is InChI=1S/C33H53N6O7P/c1-21(2)28(38-26(40)11-7-6-8-17-39-19-24(47)18-27(39)41)30(43)37-25(10-9-16-35-32(34)45)29(42)36-23-14-12-22(13-15-23)20-46-31(44)33(3,4)5/h12-15,21,24-25,28H,6-11,16-20,47H2,1-5H3,(H,36,42)(H,37,43)(H,38,40)(H3,34,35,45). The van der Waals surface area contributed by atoms with Gasteiger partial charge in [0, 0.05) is 43.8 Å². The molecule has 0 spiro atoms. The van der Waals surface area contributed by atoms with Crippen molar-refractivity contribution in [3.05, 3.63) is 29.8 Å². The monoisotopic (exact) mass is 676 g/mol. The largest absolute Gasteiger partial charge is 0.460 e. The first-order valence-corrected chi connectivity index (χ1v) is 17.0. The van der Waals surface area contributed by atoms with Crippen molar-refractivity contribution in [2.45, 2.75) is 104 Å². The van der Waals surface area contributed by atoms with Crippen LogP contribution in [-0.4, -0.2) is 77.9 Å². The van der Waals surface area contributed by atoms with Gasteiger partial charge in [0.15, 0.2) is 0 Å². The highest BCUT2D eigenvalue weighted by Crippen LogP contribution is 2.19. The normalized spacial score (nSPS) is 15.9. The summed E-state index contributed by atoms with van der Waals surface area (Å²) in [5.41, 5.74) is 6.05. The summed E-state index contributed by atoms with van der Waals surface area (Å²) in [4.78, 5) is 76.4. The second kappa shape index (κ2) is 19.2. The summed E-state index contributed by atoms with van der Waals surface area (Å²) < 4.78 is 5.34. The molecule has 6 amide bonds. The Kier molecular flexibility index (Phi) is 16.1. The minimum absolute atomic E-state index is 0.0937. The number of benzene rings is 1. The van der Waals surface area contributed by atoms with Crippen LogP contribution < -0.4 is 27.0 Å². The number of primary amides is 1. The molecule has 0 saturated carbocycles. The minimum atomic E-state index is -0.961. The van der Waals surface area contributed by atoms with Gasteiger partial charge in [-0.2, -0.15) is 0 Å². The van der Waals surface area contributed by atoms with E-state index in [1.807, 2.05) is 18.7 Å². The Morgan fingerprint density at radius 3 is 2.26 bits per heavy atom. The number of carbonyl (C=O) groups is 6. The van der Waals surface area contributed by atoms with E-state index in [4.69, 9.17) is 10.5 Å². The van der Waals surface area contributed by atoms with E-state index in [1.54, 1.807) is 45.0 Å². The zero-order valence-corrected chi connectivity index (χ0v) is 29.5. The molecule has 13 nitrogen and oxygen atoms in total. The van der Waals surface area contributed by atoms with Crippen molar-refractivity contribution in [2.75, 3.05) is 25.0 Å². The Balaban J connectivity index is 1.94. The molecule has 1 aliphatic rings. The number of carbonyl (C=O) groups excluding carboxylic acids is 6. The Morgan fingerprint density at radius 2 is 1.68 bits per heavy atom.